The Morgan fingerprint density at radius 1 is 1.31 bits per heavy atom. The molecule has 12 nitrogen and oxygen atoms in total. The molecule has 3 aromatic heterocycles. The number of nitrogens with one attached hydrogen (secondary N) is 1. The SMILES string of the molecule is COc1c(C)cc(NC(=O)N2C[C@@](C)(C(F)(F)F)c3c2cnc2cc(Cl)nn32)nc1O[C@H]1CCN(C(=O)O)C1. The van der Waals surface area contributed by atoms with Crippen LogP contribution in [-0.4, -0.2) is 80.7 Å². The maximum absolute atomic E-state index is 14.3. The lowest BCUT2D eigenvalue weighted by Gasteiger charge is -2.28. The van der Waals surface area contributed by atoms with Gasteiger partial charge in [0.25, 0.3) is 5.88 Å². The molecule has 0 aliphatic carbocycles. The summed E-state index contributed by atoms with van der Waals surface area (Å²) in [5.74, 6) is 0.293. The molecule has 5 rings (SSSR count). The van der Waals surface area contributed by atoms with Gasteiger partial charge >= 0.3 is 18.3 Å². The molecule has 3 aromatic rings. The first-order valence-corrected chi connectivity index (χ1v) is 12.1. The predicted molar refractivity (Wildman–Crippen MR) is 132 cm³/mol. The predicted octanol–water partition coefficient (Wildman–Crippen LogP) is 4.10. The third-order valence-electron chi connectivity index (χ3n) is 6.85. The molecule has 1 fully saturated rings. The van der Waals surface area contributed by atoms with E-state index in [-0.39, 0.29) is 52.7 Å². The van der Waals surface area contributed by atoms with Crippen LogP contribution in [0.5, 0.6) is 11.6 Å². The molecule has 2 aliphatic heterocycles. The molecule has 0 spiro atoms. The molecule has 2 N–H and O–H groups in total. The Morgan fingerprint density at radius 3 is 2.69 bits per heavy atom. The molecule has 2 aliphatic rings. The molecule has 3 amide bonds. The second-order valence-electron chi connectivity index (χ2n) is 9.50. The molecule has 39 heavy (non-hydrogen) atoms. The van der Waals surface area contributed by atoms with Crippen LogP contribution in [0.2, 0.25) is 5.15 Å². The summed E-state index contributed by atoms with van der Waals surface area (Å²) in [5.41, 5.74) is -2.18. The van der Waals surface area contributed by atoms with Gasteiger partial charge in [-0.05, 0) is 19.9 Å². The normalized spacial score (nSPS) is 20.8. The van der Waals surface area contributed by atoms with Crippen molar-refractivity contribution >= 4 is 40.9 Å². The highest BCUT2D eigenvalue weighted by atomic mass is 35.5. The first kappa shape index (κ1) is 26.6. The number of nitrogens with zero attached hydrogens (tertiary/aromatic N) is 6. The van der Waals surface area contributed by atoms with E-state index >= 15 is 0 Å². The highest BCUT2D eigenvalue weighted by Gasteiger charge is 2.60. The van der Waals surface area contributed by atoms with Gasteiger partial charge in [-0.3, -0.25) is 10.2 Å². The van der Waals surface area contributed by atoms with Crippen LogP contribution in [0.25, 0.3) is 5.65 Å². The van der Waals surface area contributed by atoms with E-state index in [9.17, 15) is 27.9 Å². The number of pyridine rings is 1. The highest BCUT2D eigenvalue weighted by molar-refractivity contribution is 6.29. The summed E-state index contributed by atoms with van der Waals surface area (Å²) in [6, 6.07) is 1.92. The number of likely N-dealkylation sites (tertiary alicyclic amines) is 1. The molecule has 1 saturated heterocycles. The smallest absolute Gasteiger partial charge is 0.407 e. The van der Waals surface area contributed by atoms with Crippen molar-refractivity contribution in [1.82, 2.24) is 24.5 Å². The second-order valence-corrected chi connectivity index (χ2v) is 9.88. The number of carbonyl (C=O) groups is 2. The average molecular weight is 570 g/mol. The van der Waals surface area contributed by atoms with E-state index in [4.69, 9.17) is 21.1 Å². The van der Waals surface area contributed by atoms with Crippen molar-refractivity contribution in [2.45, 2.75) is 38.0 Å². The van der Waals surface area contributed by atoms with E-state index in [1.807, 2.05) is 0 Å². The van der Waals surface area contributed by atoms with Crippen molar-refractivity contribution in [2.24, 2.45) is 0 Å². The van der Waals surface area contributed by atoms with Crippen LogP contribution in [0.15, 0.2) is 18.3 Å². The number of ether oxygens (including phenoxy) is 2. The number of aryl methyl sites for hydroxylation is 1. The molecule has 2 atom stereocenters. The molecular weight excluding hydrogens is 547 g/mol. The Bertz CT molecular complexity index is 1480. The van der Waals surface area contributed by atoms with Gasteiger partial charge in [0.15, 0.2) is 16.5 Å². The average Bonchev–Trinajstić information content (AvgIpc) is 3.54. The minimum absolute atomic E-state index is 0.000259. The van der Waals surface area contributed by atoms with E-state index in [0.717, 1.165) is 16.3 Å². The topological polar surface area (TPSA) is 134 Å². The van der Waals surface area contributed by atoms with Crippen molar-refractivity contribution in [2.75, 3.05) is 37.0 Å². The molecule has 208 valence electrons. The molecule has 0 aromatic carbocycles. The van der Waals surface area contributed by atoms with Gasteiger partial charge in [0.2, 0.25) is 0 Å². The number of halogens is 4. The molecule has 16 heteroatoms. The molecule has 0 unspecified atom stereocenters. The van der Waals surface area contributed by atoms with Crippen LogP contribution in [0, 0.1) is 6.92 Å². The van der Waals surface area contributed by atoms with Gasteiger partial charge in [0.05, 0.1) is 31.2 Å². The Balaban J connectivity index is 1.46. The van der Waals surface area contributed by atoms with Crippen LogP contribution in [0.3, 0.4) is 0 Å². The summed E-state index contributed by atoms with van der Waals surface area (Å²) in [4.78, 5) is 35.1. The van der Waals surface area contributed by atoms with Crippen LogP contribution in [-0.2, 0) is 5.41 Å². The van der Waals surface area contributed by atoms with Crippen LogP contribution in [0.4, 0.5) is 34.3 Å². The van der Waals surface area contributed by atoms with E-state index < -0.39 is 36.4 Å². The molecule has 0 saturated carbocycles. The Kier molecular flexibility index (Phi) is 6.36. The zero-order valence-electron chi connectivity index (χ0n) is 20.9. The van der Waals surface area contributed by atoms with Gasteiger partial charge in [0, 0.05) is 31.1 Å². The summed E-state index contributed by atoms with van der Waals surface area (Å²) in [6.07, 6.45) is -4.70. The molecule has 0 bridgehead atoms. The largest absolute Gasteiger partial charge is 0.491 e. The van der Waals surface area contributed by atoms with E-state index in [0.29, 0.717) is 12.0 Å². The first-order chi connectivity index (χ1) is 18.3. The number of hydrogen-bond acceptors (Lipinski definition) is 7. The number of carbonyl (C=O) groups excluding carboxylic acids is 1. The van der Waals surface area contributed by atoms with E-state index in [1.165, 1.54) is 30.3 Å². The van der Waals surface area contributed by atoms with Crippen LogP contribution >= 0.6 is 11.6 Å². The third kappa shape index (κ3) is 4.49. The number of urea groups is 1. The summed E-state index contributed by atoms with van der Waals surface area (Å²) >= 11 is 5.93. The summed E-state index contributed by atoms with van der Waals surface area (Å²) in [7, 11) is 1.40. The maximum atomic E-state index is 14.3. The highest BCUT2D eigenvalue weighted by Crippen LogP contribution is 2.50. The van der Waals surface area contributed by atoms with Crippen molar-refractivity contribution in [3.05, 3.63) is 34.7 Å². The monoisotopic (exact) mass is 569 g/mol. The summed E-state index contributed by atoms with van der Waals surface area (Å²) in [5, 5.41) is 15.7. The lowest BCUT2D eigenvalue weighted by molar-refractivity contribution is -0.181. The van der Waals surface area contributed by atoms with Crippen molar-refractivity contribution in [1.29, 1.82) is 0 Å². The molecule has 0 radical (unpaired) electrons. The Morgan fingerprint density at radius 2 is 2.05 bits per heavy atom. The number of rotatable bonds is 4. The number of methoxy groups -OCH3 is 1. The number of alkyl halides is 3. The number of fused-ring (bicyclic) bond motifs is 3. The molecule has 5 heterocycles. The summed E-state index contributed by atoms with van der Waals surface area (Å²) < 4.78 is 55.3. The summed E-state index contributed by atoms with van der Waals surface area (Å²) in [6.45, 7) is 2.33. The van der Waals surface area contributed by atoms with Gasteiger partial charge in [0.1, 0.15) is 17.3 Å². The first-order valence-electron chi connectivity index (χ1n) is 11.7. The zero-order chi connectivity index (χ0) is 28.3. The number of aromatic nitrogens is 4. The number of hydrogen-bond donors (Lipinski definition) is 2. The third-order valence-corrected chi connectivity index (χ3v) is 7.04. The van der Waals surface area contributed by atoms with E-state index in [1.54, 1.807) is 6.92 Å². The van der Waals surface area contributed by atoms with Crippen LogP contribution in [0.1, 0.15) is 24.6 Å². The quantitative estimate of drug-likeness (QED) is 0.480. The van der Waals surface area contributed by atoms with E-state index in [2.05, 4.69) is 20.4 Å². The Labute approximate surface area is 224 Å². The number of carboxylic acid groups (broad SMARTS) is 1. The maximum Gasteiger partial charge on any atom is 0.407 e. The number of anilines is 2. The lowest BCUT2D eigenvalue weighted by atomic mass is 9.88. The van der Waals surface area contributed by atoms with Crippen molar-refractivity contribution < 1.29 is 37.3 Å². The van der Waals surface area contributed by atoms with Crippen LogP contribution < -0.4 is 19.7 Å². The van der Waals surface area contributed by atoms with Gasteiger partial charge in [-0.15, -0.1) is 0 Å². The van der Waals surface area contributed by atoms with Gasteiger partial charge < -0.3 is 19.5 Å². The second kappa shape index (κ2) is 9.32. The van der Waals surface area contributed by atoms with Gasteiger partial charge in [-0.25, -0.2) is 19.1 Å². The Hall–Kier alpha value is -4.01. The molecular formula is C23H23ClF3N7O5. The van der Waals surface area contributed by atoms with Gasteiger partial charge in [-0.1, -0.05) is 11.6 Å². The zero-order valence-corrected chi connectivity index (χ0v) is 21.7. The van der Waals surface area contributed by atoms with Crippen molar-refractivity contribution in [3.63, 3.8) is 0 Å². The van der Waals surface area contributed by atoms with Gasteiger partial charge in [-0.2, -0.15) is 23.3 Å². The van der Waals surface area contributed by atoms with Crippen molar-refractivity contribution in [3.8, 4) is 11.6 Å². The fraction of sp³-hybridized carbons (Fsp3) is 0.435. The minimum Gasteiger partial charge on any atom is -0.491 e. The minimum atomic E-state index is -4.73. The number of amides is 3. The lowest BCUT2D eigenvalue weighted by Crippen LogP contribution is -2.46. The fourth-order valence-corrected chi connectivity index (χ4v) is 5.02. The fourth-order valence-electron chi connectivity index (χ4n) is 4.85. The standard InChI is InChI=1S/C23H23ClF3N7O5/c1-11-6-15(29-19(17(11)38-3)39-12-4-5-32(9-12)21(36)37)30-20(35)33-10-22(2,23(25,26)27)18-13(33)8-28-16-7-14(24)31-34(16)18/h6-8,12H,4-5,9-10H2,1-3H3,(H,36,37)(H,29,30,35)/t12-,22+/m0/s1.